The van der Waals surface area contributed by atoms with E-state index in [2.05, 4.69) is 29.6 Å². The van der Waals surface area contributed by atoms with Gasteiger partial charge < -0.3 is 14.8 Å². The molecule has 0 unspecified atom stereocenters. The van der Waals surface area contributed by atoms with Crippen LogP contribution in [0.3, 0.4) is 0 Å². The number of benzene rings is 1. The van der Waals surface area contributed by atoms with Crippen molar-refractivity contribution in [2.24, 2.45) is 5.92 Å². The first-order valence-corrected chi connectivity index (χ1v) is 8.74. The lowest BCUT2D eigenvalue weighted by Crippen LogP contribution is -2.88. The van der Waals surface area contributed by atoms with Gasteiger partial charge in [0.2, 0.25) is 0 Å². The fourth-order valence-electron chi connectivity index (χ4n) is 3.82. The van der Waals surface area contributed by atoms with Crippen LogP contribution < -0.4 is 14.8 Å². The molecular formula is C19H28NO2+. The summed E-state index contributed by atoms with van der Waals surface area (Å²) in [6.07, 6.45) is 9.53. The average Bonchev–Trinajstić information content (AvgIpc) is 2.56. The van der Waals surface area contributed by atoms with Crippen molar-refractivity contribution in [1.82, 2.24) is 0 Å². The monoisotopic (exact) mass is 302 g/mol. The van der Waals surface area contributed by atoms with Crippen LogP contribution in [0.5, 0.6) is 11.5 Å². The molecule has 2 N–H and O–H groups in total. The number of nitrogens with two attached hydrogens (primary N) is 1. The van der Waals surface area contributed by atoms with E-state index >= 15 is 0 Å². The standard InChI is InChI=1S/C19H27NO2/c1-3-21-17-12-15-10-11-20-19(14-8-6-5-7-9-14)16(15)13-18(17)22-4-2/h5-6,12-14,19-20H,3-4,7-11H2,1-2H3/p+1/t14-,19+/m0/s1. The van der Waals surface area contributed by atoms with Crippen molar-refractivity contribution in [1.29, 1.82) is 0 Å². The summed E-state index contributed by atoms with van der Waals surface area (Å²) in [6, 6.07) is 5.05. The summed E-state index contributed by atoms with van der Waals surface area (Å²) in [5.74, 6) is 2.57. The van der Waals surface area contributed by atoms with Crippen LogP contribution in [0.1, 0.15) is 50.3 Å². The van der Waals surface area contributed by atoms with Gasteiger partial charge in [0, 0.05) is 17.9 Å². The van der Waals surface area contributed by atoms with E-state index in [0.717, 1.165) is 23.8 Å². The molecule has 0 aromatic heterocycles. The van der Waals surface area contributed by atoms with Gasteiger partial charge in [0.05, 0.1) is 19.8 Å². The first-order valence-electron chi connectivity index (χ1n) is 8.74. The molecule has 0 saturated heterocycles. The minimum absolute atomic E-state index is 0.573. The Balaban J connectivity index is 1.94. The third kappa shape index (κ3) is 3.14. The molecule has 3 nitrogen and oxygen atoms in total. The van der Waals surface area contributed by atoms with Crippen molar-refractivity contribution in [3.05, 3.63) is 35.4 Å². The van der Waals surface area contributed by atoms with Crippen LogP contribution >= 0.6 is 0 Å². The Kier molecular flexibility index (Phi) is 5.04. The second-order valence-corrected chi connectivity index (χ2v) is 6.21. The van der Waals surface area contributed by atoms with Gasteiger partial charge in [-0.05, 0) is 50.8 Å². The second-order valence-electron chi connectivity index (χ2n) is 6.21. The van der Waals surface area contributed by atoms with Gasteiger partial charge >= 0.3 is 0 Å². The highest BCUT2D eigenvalue weighted by atomic mass is 16.5. The Bertz CT molecular complexity index is 538. The van der Waals surface area contributed by atoms with Gasteiger partial charge in [0.15, 0.2) is 11.5 Å². The first kappa shape index (κ1) is 15.4. The van der Waals surface area contributed by atoms with Gasteiger partial charge in [-0.1, -0.05) is 12.2 Å². The van der Waals surface area contributed by atoms with Crippen LogP contribution in [0.15, 0.2) is 24.3 Å². The number of hydrogen-bond donors (Lipinski definition) is 1. The maximum atomic E-state index is 5.84. The SMILES string of the molecule is CCOc1cc2c(cc1OCC)[C@@H]([C@H]1CC=CCC1)[NH2+]CC2. The highest BCUT2D eigenvalue weighted by Crippen LogP contribution is 2.38. The molecule has 2 aliphatic rings. The molecule has 0 spiro atoms. The average molecular weight is 302 g/mol. The van der Waals surface area contributed by atoms with Crippen LogP contribution in [0.2, 0.25) is 0 Å². The molecule has 0 saturated carbocycles. The molecule has 1 aliphatic carbocycles. The van der Waals surface area contributed by atoms with E-state index in [1.165, 1.54) is 36.9 Å². The molecule has 1 aliphatic heterocycles. The summed E-state index contributed by atoms with van der Waals surface area (Å²) in [5.41, 5.74) is 2.92. The topological polar surface area (TPSA) is 35.1 Å². The molecule has 1 aromatic rings. The molecule has 120 valence electrons. The smallest absolute Gasteiger partial charge is 0.161 e. The molecule has 2 atom stereocenters. The number of ether oxygens (including phenoxy) is 2. The number of quaternary nitrogens is 1. The predicted octanol–water partition coefficient (Wildman–Crippen LogP) is 3.00. The van der Waals surface area contributed by atoms with Crippen molar-refractivity contribution in [2.45, 2.75) is 45.6 Å². The summed E-state index contributed by atoms with van der Waals surface area (Å²) in [5, 5.41) is 2.53. The summed E-state index contributed by atoms with van der Waals surface area (Å²) in [7, 11) is 0. The van der Waals surface area contributed by atoms with Crippen molar-refractivity contribution in [3.63, 3.8) is 0 Å². The van der Waals surface area contributed by atoms with E-state index < -0.39 is 0 Å². The van der Waals surface area contributed by atoms with Crippen molar-refractivity contribution < 1.29 is 14.8 Å². The second kappa shape index (κ2) is 7.19. The zero-order chi connectivity index (χ0) is 15.4. The maximum absolute atomic E-state index is 5.84. The molecule has 3 heteroatoms. The van der Waals surface area contributed by atoms with Crippen LogP contribution in [0, 0.1) is 5.92 Å². The normalized spacial score (nSPS) is 23.9. The van der Waals surface area contributed by atoms with E-state index in [-0.39, 0.29) is 0 Å². The van der Waals surface area contributed by atoms with Gasteiger partial charge in [-0.3, -0.25) is 0 Å². The largest absolute Gasteiger partial charge is 0.490 e. The van der Waals surface area contributed by atoms with Crippen molar-refractivity contribution in [3.8, 4) is 11.5 Å². The van der Waals surface area contributed by atoms with Crippen LogP contribution in [-0.2, 0) is 6.42 Å². The fraction of sp³-hybridized carbons (Fsp3) is 0.579. The van der Waals surface area contributed by atoms with Crippen molar-refractivity contribution in [2.75, 3.05) is 19.8 Å². The number of fused-ring (bicyclic) bond motifs is 1. The summed E-state index contributed by atoms with van der Waals surface area (Å²) in [6.45, 7) is 6.60. The minimum Gasteiger partial charge on any atom is -0.490 e. The lowest BCUT2D eigenvalue weighted by atomic mass is 9.80. The van der Waals surface area contributed by atoms with E-state index in [1.54, 1.807) is 0 Å². The van der Waals surface area contributed by atoms with E-state index in [1.807, 2.05) is 13.8 Å². The minimum atomic E-state index is 0.573. The Morgan fingerprint density at radius 2 is 1.86 bits per heavy atom. The molecule has 22 heavy (non-hydrogen) atoms. The van der Waals surface area contributed by atoms with Gasteiger partial charge in [0.25, 0.3) is 0 Å². The molecule has 3 rings (SSSR count). The molecule has 0 radical (unpaired) electrons. The van der Waals surface area contributed by atoms with E-state index in [4.69, 9.17) is 9.47 Å². The molecule has 0 bridgehead atoms. The predicted molar refractivity (Wildman–Crippen MR) is 88.5 cm³/mol. The fourth-order valence-corrected chi connectivity index (χ4v) is 3.82. The number of rotatable bonds is 5. The van der Waals surface area contributed by atoms with E-state index in [9.17, 15) is 0 Å². The van der Waals surface area contributed by atoms with Gasteiger partial charge in [0.1, 0.15) is 6.04 Å². The van der Waals surface area contributed by atoms with E-state index in [0.29, 0.717) is 19.3 Å². The highest BCUT2D eigenvalue weighted by molar-refractivity contribution is 5.49. The molecular weight excluding hydrogens is 274 g/mol. The summed E-state index contributed by atoms with van der Waals surface area (Å²) < 4.78 is 11.6. The zero-order valence-electron chi connectivity index (χ0n) is 13.8. The highest BCUT2D eigenvalue weighted by Gasteiger charge is 2.32. The number of allylic oxidation sites excluding steroid dienone is 2. The Labute approximate surface area is 133 Å². The Morgan fingerprint density at radius 3 is 2.55 bits per heavy atom. The number of hydrogen-bond acceptors (Lipinski definition) is 2. The van der Waals surface area contributed by atoms with Gasteiger partial charge in [-0.25, -0.2) is 0 Å². The zero-order valence-corrected chi connectivity index (χ0v) is 13.8. The van der Waals surface area contributed by atoms with Crippen LogP contribution in [0.4, 0.5) is 0 Å². The molecule has 0 fully saturated rings. The Hall–Kier alpha value is -1.48. The quantitative estimate of drug-likeness (QED) is 0.849. The molecule has 1 heterocycles. The first-order chi connectivity index (χ1) is 10.8. The van der Waals surface area contributed by atoms with Crippen LogP contribution in [0.25, 0.3) is 0 Å². The third-order valence-corrected chi connectivity index (χ3v) is 4.82. The van der Waals surface area contributed by atoms with Gasteiger partial charge in [-0.2, -0.15) is 0 Å². The van der Waals surface area contributed by atoms with Crippen LogP contribution in [-0.4, -0.2) is 19.8 Å². The lowest BCUT2D eigenvalue weighted by molar-refractivity contribution is -0.706. The van der Waals surface area contributed by atoms with Crippen molar-refractivity contribution >= 4 is 0 Å². The third-order valence-electron chi connectivity index (χ3n) is 4.82. The summed E-state index contributed by atoms with van der Waals surface area (Å²) >= 11 is 0. The maximum Gasteiger partial charge on any atom is 0.161 e. The summed E-state index contributed by atoms with van der Waals surface area (Å²) in [4.78, 5) is 0. The Morgan fingerprint density at radius 1 is 1.09 bits per heavy atom. The van der Waals surface area contributed by atoms with Gasteiger partial charge in [-0.15, -0.1) is 0 Å². The molecule has 0 amide bonds. The molecule has 1 aromatic carbocycles. The lowest BCUT2D eigenvalue weighted by Gasteiger charge is -2.32.